The Balaban J connectivity index is 2.21. The summed E-state index contributed by atoms with van der Waals surface area (Å²) in [5.41, 5.74) is 0.835. The third kappa shape index (κ3) is 3.83. The van der Waals surface area contributed by atoms with Gasteiger partial charge in [0.15, 0.2) is 17.4 Å². The van der Waals surface area contributed by atoms with Crippen LogP contribution in [0.25, 0.3) is 0 Å². The molecule has 0 spiro atoms. The molecule has 0 atom stereocenters. The van der Waals surface area contributed by atoms with E-state index in [0.717, 1.165) is 6.07 Å². The molecule has 6 heteroatoms. The van der Waals surface area contributed by atoms with Gasteiger partial charge in [-0.3, -0.25) is 0 Å². The molecule has 0 aliphatic carbocycles. The second kappa shape index (κ2) is 6.73. The highest BCUT2D eigenvalue weighted by Crippen LogP contribution is 2.24. The van der Waals surface area contributed by atoms with E-state index in [1.807, 2.05) is 13.8 Å². The quantitative estimate of drug-likeness (QED) is 0.474. The largest absolute Gasteiger partial charge is 0.491 e. The van der Waals surface area contributed by atoms with Crippen LogP contribution in [0, 0.1) is 24.4 Å². The smallest absolute Gasteiger partial charge is 0.343 e. The number of carbonyl (C=O) groups is 1. The Morgan fingerprint density at radius 1 is 1.00 bits per heavy atom. The molecule has 0 saturated carbocycles. The number of carbonyl (C=O) groups excluding carboxylic acids is 1. The van der Waals surface area contributed by atoms with Crippen molar-refractivity contribution in [1.82, 2.24) is 0 Å². The predicted octanol–water partition coefficient (Wildman–Crippen LogP) is 4.42. The van der Waals surface area contributed by atoms with E-state index in [4.69, 9.17) is 9.47 Å². The van der Waals surface area contributed by atoms with Gasteiger partial charge in [-0.2, -0.15) is 4.39 Å². The summed E-state index contributed by atoms with van der Waals surface area (Å²) in [6, 6.07) is 6.09. The van der Waals surface area contributed by atoms with Gasteiger partial charge in [-0.15, -0.1) is 0 Å². The van der Waals surface area contributed by atoms with Crippen molar-refractivity contribution in [3.05, 3.63) is 58.9 Å². The Hall–Kier alpha value is -2.50. The predicted molar refractivity (Wildman–Crippen MR) is 78.2 cm³/mol. The lowest BCUT2D eigenvalue weighted by Gasteiger charge is -2.13. The maximum absolute atomic E-state index is 13.5. The maximum Gasteiger partial charge on any atom is 0.343 e. The molecule has 0 saturated heterocycles. The van der Waals surface area contributed by atoms with Crippen LogP contribution in [0.2, 0.25) is 0 Å². The molecule has 0 radical (unpaired) electrons. The molecular weight excluding hydrogens is 309 g/mol. The Bertz CT molecular complexity index is 742. The number of esters is 1. The van der Waals surface area contributed by atoms with Crippen molar-refractivity contribution in [3.63, 3.8) is 0 Å². The van der Waals surface area contributed by atoms with Gasteiger partial charge in [0.05, 0.1) is 11.7 Å². The minimum Gasteiger partial charge on any atom is -0.491 e. The normalized spacial score (nSPS) is 10.7. The van der Waals surface area contributed by atoms with Crippen LogP contribution in [0.1, 0.15) is 29.8 Å². The molecule has 23 heavy (non-hydrogen) atoms. The molecule has 0 aromatic heterocycles. The Kier molecular flexibility index (Phi) is 4.93. The molecule has 0 fully saturated rings. The van der Waals surface area contributed by atoms with E-state index >= 15 is 0 Å². The van der Waals surface area contributed by atoms with Gasteiger partial charge in [0.1, 0.15) is 5.75 Å². The van der Waals surface area contributed by atoms with Crippen molar-refractivity contribution in [1.29, 1.82) is 0 Å². The van der Waals surface area contributed by atoms with Gasteiger partial charge in [-0.25, -0.2) is 13.6 Å². The molecule has 0 aliphatic rings. The van der Waals surface area contributed by atoms with E-state index in [1.54, 1.807) is 13.0 Å². The number of hydrogen-bond acceptors (Lipinski definition) is 3. The minimum atomic E-state index is -1.69. The Morgan fingerprint density at radius 2 is 1.65 bits per heavy atom. The van der Waals surface area contributed by atoms with E-state index in [2.05, 4.69) is 0 Å². The first kappa shape index (κ1) is 16.9. The molecule has 2 rings (SSSR count). The molecule has 3 nitrogen and oxygen atoms in total. The number of aryl methyl sites for hydroxylation is 1. The van der Waals surface area contributed by atoms with Gasteiger partial charge in [-0.05, 0) is 56.7 Å². The SMILES string of the molecule is Cc1cc(C(=O)Oc2ccc(F)c(F)c2F)ccc1OC(C)C. The number of rotatable bonds is 4. The van der Waals surface area contributed by atoms with Gasteiger partial charge in [0, 0.05) is 0 Å². The second-order valence-electron chi connectivity index (χ2n) is 5.21. The van der Waals surface area contributed by atoms with Crippen LogP contribution < -0.4 is 9.47 Å². The number of halogens is 3. The summed E-state index contributed by atoms with van der Waals surface area (Å²) in [7, 11) is 0. The van der Waals surface area contributed by atoms with E-state index in [-0.39, 0.29) is 11.7 Å². The lowest BCUT2D eigenvalue weighted by molar-refractivity contribution is 0.0726. The number of benzene rings is 2. The lowest BCUT2D eigenvalue weighted by Crippen LogP contribution is -2.12. The van der Waals surface area contributed by atoms with Gasteiger partial charge in [-0.1, -0.05) is 0 Å². The molecule has 0 unspecified atom stereocenters. The Labute approximate surface area is 131 Å². The first-order chi connectivity index (χ1) is 10.8. The summed E-state index contributed by atoms with van der Waals surface area (Å²) in [6.45, 7) is 5.48. The second-order valence-corrected chi connectivity index (χ2v) is 5.21. The van der Waals surface area contributed by atoms with Crippen molar-refractivity contribution in [2.75, 3.05) is 0 Å². The monoisotopic (exact) mass is 324 g/mol. The van der Waals surface area contributed by atoms with Crippen molar-refractivity contribution in [2.45, 2.75) is 26.9 Å². The standard InChI is InChI=1S/C17H15F3O3/c1-9(2)22-13-6-4-11(8-10(13)3)17(21)23-14-7-5-12(18)15(19)16(14)20/h4-9H,1-3H3. The molecule has 0 heterocycles. The number of ether oxygens (including phenoxy) is 2. The fourth-order valence-corrected chi connectivity index (χ4v) is 1.91. The van der Waals surface area contributed by atoms with Gasteiger partial charge < -0.3 is 9.47 Å². The summed E-state index contributed by atoms with van der Waals surface area (Å²) in [4.78, 5) is 12.0. The summed E-state index contributed by atoms with van der Waals surface area (Å²) < 4.78 is 49.8. The zero-order valence-corrected chi connectivity index (χ0v) is 12.8. The molecule has 0 bridgehead atoms. The zero-order chi connectivity index (χ0) is 17.1. The topological polar surface area (TPSA) is 35.5 Å². The van der Waals surface area contributed by atoms with Crippen molar-refractivity contribution >= 4 is 5.97 Å². The third-order valence-corrected chi connectivity index (χ3v) is 2.98. The fraction of sp³-hybridized carbons (Fsp3) is 0.235. The summed E-state index contributed by atoms with van der Waals surface area (Å²) in [5, 5.41) is 0. The summed E-state index contributed by atoms with van der Waals surface area (Å²) >= 11 is 0. The zero-order valence-electron chi connectivity index (χ0n) is 12.8. The summed E-state index contributed by atoms with van der Waals surface area (Å²) in [5.74, 6) is -5.53. The average molecular weight is 324 g/mol. The average Bonchev–Trinajstić information content (AvgIpc) is 2.49. The van der Waals surface area contributed by atoms with Crippen LogP contribution in [-0.4, -0.2) is 12.1 Å². The highest BCUT2D eigenvalue weighted by Gasteiger charge is 2.18. The van der Waals surface area contributed by atoms with Crippen LogP contribution in [-0.2, 0) is 0 Å². The van der Waals surface area contributed by atoms with E-state index in [0.29, 0.717) is 17.4 Å². The van der Waals surface area contributed by atoms with Gasteiger partial charge in [0.25, 0.3) is 0 Å². The minimum absolute atomic E-state index is 0.0252. The van der Waals surface area contributed by atoms with E-state index in [1.165, 1.54) is 12.1 Å². The van der Waals surface area contributed by atoms with Crippen LogP contribution >= 0.6 is 0 Å². The van der Waals surface area contributed by atoms with Crippen LogP contribution in [0.3, 0.4) is 0 Å². The molecule has 0 N–H and O–H groups in total. The highest BCUT2D eigenvalue weighted by atomic mass is 19.2. The highest BCUT2D eigenvalue weighted by molar-refractivity contribution is 5.91. The van der Waals surface area contributed by atoms with Crippen molar-refractivity contribution < 1.29 is 27.4 Å². The molecule has 2 aromatic rings. The summed E-state index contributed by atoms with van der Waals surface area (Å²) in [6.07, 6.45) is -0.0252. The molecule has 122 valence electrons. The van der Waals surface area contributed by atoms with Gasteiger partial charge in [0.2, 0.25) is 5.82 Å². The molecule has 0 amide bonds. The molecular formula is C17H15F3O3. The van der Waals surface area contributed by atoms with Crippen LogP contribution in [0.4, 0.5) is 13.2 Å². The Morgan fingerprint density at radius 3 is 2.26 bits per heavy atom. The molecule has 2 aromatic carbocycles. The van der Waals surface area contributed by atoms with Gasteiger partial charge >= 0.3 is 5.97 Å². The first-order valence-electron chi connectivity index (χ1n) is 6.92. The fourth-order valence-electron chi connectivity index (χ4n) is 1.91. The number of hydrogen-bond donors (Lipinski definition) is 0. The molecule has 0 aliphatic heterocycles. The van der Waals surface area contributed by atoms with E-state index < -0.39 is 29.2 Å². The third-order valence-electron chi connectivity index (χ3n) is 2.98. The lowest BCUT2D eigenvalue weighted by atomic mass is 10.1. The van der Waals surface area contributed by atoms with Crippen LogP contribution in [0.15, 0.2) is 30.3 Å². The van der Waals surface area contributed by atoms with Crippen LogP contribution in [0.5, 0.6) is 11.5 Å². The van der Waals surface area contributed by atoms with E-state index in [9.17, 15) is 18.0 Å². The first-order valence-corrected chi connectivity index (χ1v) is 6.92. The van der Waals surface area contributed by atoms with Crippen molar-refractivity contribution in [2.24, 2.45) is 0 Å². The van der Waals surface area contributed by atoms with Crippen molar-refractivity contribution in [3.8, 4) is 11.5 Å². The maximum atomic E-state index is 13.5.